The van der Waals surface area contributed by atoms with Gasteiger partial charge in [-0.2, -0.15) is 4.68 Å². The molecule has 2 aliphatic heterocycles. The van der Waals surface area contributed by atoms with Gasteiger partial charge in [-0.3, -0.25) is 9.59 Å². The average molecular weight is 397 g/mol. The van der Waals surface area contributed by atoms with Crippen LogP contribution in [0.15, 0.2) is 30.3 Å². The predicted octanol–water partition coefficient (Wildman–Crippen LogP) is 1.10. The number of anilines is 1. The van der Waals surface area contributed by atoms with Crippen molar-refractivity contribution in [2.24, 2.45) is 0 Å². The molecule has 0 saturated carbocycles. The number of piperazine rings is 1. The Morgan fingerprint density at radius 1 is 1.03 bits per heavy atom. The molecule has 0 spiro atoms. The molecule has 2 amide bonds. The summed E-state index contributed by atoms with van der Waals surface area (Å²) in [6, 6.07) is 9.47. The van der Waals surface area contributed by atoms with Gasteiger partial charge < -0.3 is 14.7 Å². The highest BCUT2D eigenvalue weighted by Crippen LogP contribution is 2.22. The van der Waals surface area contributed by atoms with Crippen molar-refractivity contribution in [1.29, 1.82) is 0 Å². The molecule has 154 valence electrons. The molecule has 1 atom stereocenters. The minimum absolute atomic E-state index is 0.0729. The third kappa shape index (κ3) is 3.94. The Morgan fingerprint density at radius 2 is 1.79 bits per heavy atom. The number of hydrogen-bond acceptors (Lipinski definition) is 6. The number of likely N-dealkylation sites (tertiary alicyclic amines) is 1. The van der Waals surface area contributed by atoms with Crippen molar-refractivity contribution in [3.63, 3.8) is 0 Å². The lowest BCUT2D eigenvalue weighted by Gasteiger charge is -2.40. The fourth-order valence-corrected chi connectivity index (χ4v) is 4.14. The standard InChI is InChI=1S/C20H27N7O2/c1-2-18(28)26-11-7-6-10-17(26)19(29)24-12-14-25(15-13-24)20-21-22-23-27(20)16-8-4-3-5-9-16/h3-5,8-9,17H,2,6-7,10-15H2,1H3. The first-order valence-corrected chi connectivity index (χ1v) is 10.4. The number of tetrazole rings is 1. The maximum Gasteiger partial charge on any atom is 0.250 e. The Hall–Kier alpha value is -2.97. The summed E-state index contributed by atoms with van der Waals surface area (Å²) in [5.41, 5.74) is 0.905. The summed E-state index contributed by atoms with van der Waals surface area (Å²) in [5.74, 6) is 0.835. The molecule has 0 N–H and O–H groups in total. The van der Waals surface area contributed by atoms with Gasteiger partial charge in [-0.05, 0) is 41.8 Å². The van der Waals surface area contributed by atoms with E-state index in [9.17, 15) is 9.59 Å². The van der Waals surface area contributed by atoms with Gasteiger partial charge in [0.15, 0.2) is 0 Å². The molecular weight excluding hydrogens is 370 g/mol. The molecular formula is C20H27N7O2. The molecule has 1 aromatic heterocycles. The van der Waals surface area contributed by atoms with Crippen molar-refractivity contribution in [3.8, 4) is 5.69 Å². The van der Waals surface area contributed by atoms with Crippen molar-refractivity contribution in [1.82, 2.24) is 30.0 Å². The fourth-order valence-electron chi connectivity index (χ4n) is 4.14. The number of carbonyl (C=O) groups excluding carboxylic acids is 2. The molecule has 0 bridgehead atoms. The molecule has 2 aromatic rings. The summed E-state index contributed by atoms with van der Waals surface area (Å²) in [7, 11) is 0. The van der Waals surface area contributed by atoms with Crippen molar-refractivity contribution < 1.29 is 9.59 Å². The van der Waals surface area contributed by atoms with Gasteiger partial charge in [0.1, 0.15) is 6.04 Å². The first-order valence-electron chi connectivity index (χ1n) is 10.4. The second-order valence-corrected chi connectivity index (χ2v) is 7.49. The summed E-state index contributed by atoms with van der Waals surface area (Å²) in [4.78, 5) is 31.2. The number of rotatable bonds is 4. The summed E-state index contributed by atoms with van der Waals surface area (Å²) in [5, 5.41) is 12.1. The Balaban J connectivity index is 1.42. The SMILES string of the molecule is CCC(=O)N1CCCCC1C(=O)N1CCN(c2nnnn2-c2ccccc2)CC1. The van der Waals surface area contributed by atoms with E-state index in [1.807, 2.05) is 42.2 Å². The number of benzene rings is 1. The minimum Gasteiger partial charge on any atom is -0.337 e. The van der Waals surface area contributed by atoms with Crippen LogP contribution in [0.3, 0.4) is 0 Å². The third-order valence-electron chi connectivity index (χ3n) is 5.74. The first-order chi connectivity index (χ1) is 14.2. The van der Waals surface area contributed by atoms with E-state index in [0.717, 1.165) is 24.9 Å². The number of para-hydroxylation sites is 1. The van der Waals surface area contributed by atoms with Crippen LogP contribution in [0.25, 0.3) is 5.69 Å². The number of nitrogens with zero attached hydrogens (tertiary/aromatic N) is 7. The van der Waals surface area contributed by atoms with Crippen LogP contribution >= 0.6 is 0 Å². The number of piperidine rings is 1. The molecule has 2 saturated heterocycles. The van der Waals surface area contributed by atoms with Gasteiger partial charge in [0.2, 0.25) is 17.8 Å². The zero-order chi connectivity index (χ0) is 20.2. The van der Waals surface area contributed by atoms with E-state index in [2.05, 4.69) is 20.4 Å². The molecule has 4 rings (SSSR count). The topological polar surface area (TPSA) is 87.5 Å². The Morgan fingerprint density at radius 3 is 2.52 bits per heavy atom. The van der Waals surface area contributed by atoms with E-state index in [1.54, 1.807) is 9.58 Å². The van der Waals surface area contributed by atoms with Gasteiger partial charge in [-0.1, -0.05) is 30.2 Å². The molecule has 2 aliphatic rings. The highest BCUT2D eigenvalue weighted by atomic mass is 16.2. The highest BCUT2D eigenvalue weighted by Gasteiger charge is 2.35. The van der Waals surface area contributed by atoms with E-state index >= 15 is 0 Å². The zero-order valence-corrected chi connectivity index (χ0v) is 16.8. The summed E-state index contributed by atoms with van der Waals surface area (Å²) in [6.07, 6.45) is 3.18. The summed E-state index contributed by atoms with van der Waals surface area (Å²) >= 11 is 0. The van der Waals surface area contributed by atoms with Gasteiger partial charge in [0, 0.05) is 39.1 Å². The van der Waals surface area contributed by atoms with E-state index in [-0.39, 0.29) is 17.9 Å². The number of aromatic nitrogens is 4. The molecule has 1 unspecified atom stereocenters. The number of amides is 2. The quantitative estimate of drug-likeness (QED) is 0.768. The van der Waals surface area contributed by atoms with Gasteiger partial charge in [0.05, 0.1) is 5.69 Å². The second kappa shape index (κ2) is 8.59. The maximum atomic E-state index is 13.1. The van der Waals surface area contributed by atoms with E-state index < -0.39 is 0 Å². The van der Waals surface area contributed by atoms with Crippen molar-refractivity contribution >= 4 is 17.8 Å². The van der Waals surface area contributed by atoms with E-state index in [1.165, 1.54) is 0 Å². The highest BCUT2D eigenvalue weighted by molar-refractivity contribution is 5.88. The van der Waals surface area contributed by atoms with Crippen LogP contribution in [0.5, 0.6) is 0 Å². The van der Waals surface area contributed by atoms with E-state index in [4.69, 9.17) is 0 Å². The lowest BCUT2D eigenvalue weighted by Crippen LogP contribution is -2.57. The average Bonchev–Trinajstić information content (AvgIpc) is 3.29. The van der Waals surface area contributed by atoms with Gasteiger partial charge in [-0.15, -0.1) is 0 Å². The largest absolute Gasteiger partial charge is 0.337 e. The van der Waals surface area contributed by atoms with Crippen molar-refractivity contribution in [2.75, 3.05) is 37.6 Å². The normalized spacial score (nSPS) is 20.0. The number of hydrogen-bond donors (Lipinski definition) is 0. The van der Waals surface area contributed by atoms with Crippen LogP contribution in [-0.2, 0) is 9.59 Å². The minimum atomic E-state index is -0.308. The Kier molecular flexibility index (Phi) is 5.73. The molecule has 0 aliphatic carbocycles. The molecule has 1 aromatic carbocycles. The smallest absolute Gasteiger partial charge is 0.250 e. The third-order valence-corrected chi connectivity index (χ3v) is 5.74. The maximum absolute atomic E-state index is 13.1. The molecule has 2 fully saturated rings. The van der Waals surface area contributed by atoms with Gasteiger partial charge in [-0.25, -0.2) is 0 Å². The first kappa shape index (κ1) is 19.4. The molecule has 0 radical (unpaired) electrons. The molecule has 9 nitrogen and oxygen atoms in total. The number of carbonyl (C=O) groups is 2. The van der Waals surface area contributed by atoms with Gasteiger partial charge in [0.25, 0.3) is 0 Å². The second-order valence-electron chi connectivity index (χ2n) is 7.49. The lowest BCUT2D eigenvalue weighted by molar-refractivity contribution is -0.147. The predicted molar refractivity (Wildman–Crippen MR) is 108 cm³/mol. The van der Waals surface area contributed by atoms with Crippen LogP contribution < -0.4 is 4.90 Å². The summed E-state index contributed by atoms with van der Waals surface area (Å²) in [6.45, 7) is 5.07. The van der Waals surface area contributed by atoms with Crippen molar-refractivity contribution in [2.45, 2.75) is 38.6 Å². The van der Waals surface area contributed by atoms with Crippen molar-refractivity contribution in [3.05, 3.63) is 30.3 Å². The van der Waals surface area contributed by atoms with Crippen LogP contribution in [0.1, 0.15) is 32.6 Å². The summed E-state index contributed by atoms with van der Waals surface area (Å²) < 4.78 is 1.72. The van der Waals surface area contributed by atoms with Crippen LogP contribution in [0, 0.1) is 0 Å². The molecule has 29 heavy (non-hydrogen) atoms. The van der Waals surface area contributed by atoms with E-state index in [0.29, 0.717) is 45.1 Å². The van der Waals surface area contributed by atoms with Gasteiger partial charge >= 0.3 is 0 Å². The van der Waals surface area contributed by atoms with Crippen LogP contribution in [0.4, 0.5) is 5.95 Å². The Labute approximate surface area is 170 Å². The Bertz CT molecular complexity index is 846. The monoisotopic (exact) mass is 397 g/mol. The molecule has 3 heterocycles. The lowest BCUT2D eigenvalue weighted by atomic mass is 10.00. The van der Waals surface area contributed by atoms with Crippen LogP contribution in [-0.4, -0.2) is 80.6 Å². The molecule has 9 heteroatoms. The van der Waals surface area contributed by atoms with Crippen LogP contribution in [0.2, 0.25) is 0 Å². The fraction of sp³-hybridized carbons (Fsp3) is 0.550. The zero-order valence-electron chi connectivity index (χ0n) is 16.8.